The topological polar surface area (TPSA) is 166 Å². The number of carbonyl (C=O) groups is 2. The van der Waals surface area contributed by atoms with Crippen LogP contribution in [-0.2, 0) is 16.6 Å². The molecule has 0 aromatic carbocycles. The highest BCUT2D eigenvalue weighted by molar-refractivity contribution is 5.93. The summed E-state index contributed by atoms with van der Waals surface area (Å²) in [6.07, 6.45) is -0.494. The van der Waals surface area contributed by atoms with E-state index < -0.39 is 47.8 Å². The average Bonchev–Trinajstić information content (AvgIpc) is 3.39. The zero-order chi connectivity index (χ0) is 31.6. The summed E-state index contributed by atoms with van der Waals surface area (Å²) >= 11 is 0. The highest BCUT2D eigenvalue weighted by atomic mass is 19.4. The Bertz CT molecular complexity index is 1730. The molecule has 1 aliphatic heterocycles. The van der Waals surface area contributed by atoms with Gasteiger partial charge in [0.25, 0.3) is 5.91 Å². The highest BCUT2D eigenvalue weighted by Crippen LogP contribution is 2.44. The first-order valence-corrected chi connectivity index (χ1v) is 14.4. The fourth-order valence-corrected chi connectivity index (χ4v) is 6.33. The van der Waals surface area contributed by atoms with Gasteiger partial charge >= 0.3 is 6.18 Å². The van der Waals surface area contributed by atoms with Crippen LogP contribution in [0.2, 0.25) is 0 Å². The third-order valence-electron chi connectivity index (χ3n) is 8.89. The number of fused-ring (bicyclic) bond motifs is 1. The van der Waals surface area contributed by atoms with E-state index in [9.17, 15) is 31.5 Å². The molecule has 2 aliphatic carbocycles. The van der Waals surface area contributed by atoms with Crippen molar-refractivity contribution in [1.82, 2.24) is 45.7 Å². The summed E-state index contributed by atoms with van der Waals surface area (Å²) in [4.78, 5) is 31.0. The fourth-order valence-electron chi connectivity index (χ4n) is 6.33. The molecule has 7 rings (SSSR count). The molecule has 3 fully saturated rings. The van der Waals surface area contributed by atoms with E-state index in [1.165, 1.54) is 10.7 Å². The zero-order valence-electron chi connectivity index (χ0n) is 23.4. The van der Waals surface area contributed by atoms with Crippen LogP contribution in [0, 0.1) is 5.92 Å². The molecule has 3 aliphatic rings. The Morgan fingerprint density at radius 3 is 2.62 bits per heavy atom. The second-order valence-corrected chi connectivity index (χ2v) is 12.0. The second kappa shape index (κ2) is 10.5. The molecule has 3 atom stereocenters. The smallest absolute Gasteiger partial charge is 0.408 e. The largest absolute Gasteiger partial charge is 0.427 e. The molecule has 18 heteroatoms. The highest BCUT2D eigenvalue weighted by Gasteiger charge is 2.59. The van der Waals surface area contributed by atoms with Crippen molar-refractivity contribution in [2.24, 2.45) is 5.92 Å². The normalized spacial score (nSPS) is 24.6. The SMILES string of the molecule is O=C(N[C@H](c1cn2ncc(C[C@@]3(c4nnco4)C[C@@H](C(F)(F)F)NC3=O)cc2n1)C1CCC(F)(F)CC1)c1nonc1C1CC1. The van der Waals surface area contributed by atoms with Crippen molar-refractivity contribution in [3.63, 3.8) is 0 Å². The van der Waals surface area contributed by atoms with E-state index in [4.69, 9.17) is 9.05 Å². The van der Waals surface area contributed by atoms with E-state index >= 15 is 0 Å². The Morgan fingerprint density at radius 1 is 1.18 bits per heavy atom. The monoisotopic (exact) mass is 635 g/mol. The van der Waals surface area contributed by atoms with Crippen LogP contribution in [0.5, 0.6) is 0 Å². The van der Waals surface area contributed by atoms with Gasteiger partial charge in [0.05, 0.1) is 24.1 Å². The van der Waals surface area contributed by atoms with Gasteiger partial charge in [0.15, 0.2) is 11.3 Å². The number of nitrogens with one attached hydrogen (secondary N) is 2. The molecule has 2 N–H and O–H groups in total. The lowest BCUT2D eigenvalue weighted by Crippen LogP contribution is -2.40. The van der Waals surface area contributed by atoms with Gasteiger partial charge in [0.1, 0.15) is 17.2 Å². The average molecular weight is 636 g/mol. The molecule has 0 spiro atoms. The summed E-state index contributed by atoms with van der Waals surface area (Å²) in [5, 5.41) is 24.2. The van der Waals surface area contributed by atoms with Gasteiger partial charge in [0, 0.05) is 18.8 Å². The number of imidazole rings is 1. The van der Waals surface area contributed by atoms with E-state index in [0.717, 1.165) is 19.2 Å². The van der Waals surface area contributed by atoms with E-state index in [1.807, 2.05) is 5.32 Å². The first-order valence-electron chi connectivity index (χ1n) is 14.4. The Kier molecular flexibility index (Phi) is 6.85. The minimum absolute atomic E-state index is 0.0335. The predicted molar refractivity (Wildman–Crippen MR) is 139 cm³/mol. The van der Waals surface area contributed by atoms with Crippen LogP contribution in [-0.4, -0.2) is 65.1 Å². The molecule has 4 aromatic heterocycles. The molecule has 4 aromatic rings. The molecule has 1 saturated heterocycles. The van der Waals surface area contributed by atoms with E-state index in [-0.39, 0.29) is 61.2 Å². The van der Waals surface area contributed by atoms with Crippen molar-refractivity contribution in [2.75, 3.05) is 0 Å². The van der Waals surface area contributed by atoms with Crippen molar-refractivity contribution in [3.05, 3.63) is 53.4 Å². The molecule has 0 unspecified atom stereocenters. The first-order chi connectivity index (χ1) is 21.4. The van der Waals surface area contributed by atoms with Crippen molar-refractivity contribution >= 4 is 17.5 Å². The third kappa shape index (κ3) is 5.50. The van der Waals surface area contributed by atoms with Gasteiger partial charge in [-0.15, -0.1) is 10.2 Å². The van der Waals surface area contributed by atoms with Crippen LogP contribution in [0.25, 0.3) is 5.65 Å². The Labute approximate surface area is 250 Å². The first kappa shape index (κ1) is 29.2. The summed E-state index contributed by atoms with van der Waals surface area (Å²) in [5.74, 6) is -4.86. The summed E-state index contributed by atoms with van der Waals surface area (Å²) in [5.41, 5.74) is -0.365. The summed E-state index contributed by atoms with van der Waals surface area (Å²) < 4.78 is 80.3. The summed E-state index contributed by atoms with van der Waals surface area (Å²) in [6, 6.07) is -1.36. The lowest BCUT2D eigenvalue weighted by molar-refractivity contribution is -0.155. The quantitative estimate of drug-likeness (QED) is 0.273. The molecule has 2 saturated carbocycles. The number of alkyl halides is 5. The number of carbonyl (C=O) groups excluding carboxylic acids is 2. The molecule has 45 heavy (non-hydrogen) atoms. The minimum atomic E-state index is -4.69. The van der Waals surface area contributed by atoms with Gasteiger partial charge in [-0.3, -0.25) is 9.59 Å². The third-order valence-corrected chi connectivity index (χ3v) is 8.89. The number of amides is 2. The molecule has 238 valence electrons. The van der Waals surface area contributed by atoms with E-state index in [0.29, 0.717) is 17.0 Å². The van der Waals surface area contributed by atoms with Gasteiger partial charge in [-0.1, -0.05) is 5.16 Å². The maximum atomic E-state index is 14.1. The minimum Gasteiger partial charge on any atom is -0.427 e. The summed E-state index contributed by atoms with van der Waals surface area (Å²) in [7, 11) is 0. The zero-order valence-corrected chi connectivity index (χ0v) is 23.4. The maximum absolute atomic E-state index is 14.1. The molecular weight excluding hydrogens is 609 g/mol. The number of aromatic nitrogens is 7. The fraction of sp³-hybridized carbons (Fsp3) is 0.556. The van der Waals surface area contributed by atoms with Gasteiger partial charge in [0.2, 0.25) is 24.1 Å². The number of halogens is 5. The Hall–Kier alpha value is -4.51. The van der Waals surface area contributed by atoms with Crippen LogP contribution < -0.4 is 10.6 Å². The number of nitrogens with zero attached hydrogens (tertiary/aromatic N) is 7. The van der Waals surface area contributed by atoms with Gasteiger partial charge in [-0.25, -0.2) is 22.9 Å². The van der Waals surface area contributed by atoms with Crippen LogP contribution in [0.15, 0.2) is 33.9 Å². The van der Waals surface area contributed by atoms with Crippen molar-refractivity contribution in [3.8, 4) is 0 Å². The molecule has 2 amide bonds. The molecule has 0 bridgehead atoms. The standard InChI is InChI=1S/C27H26F5N9O4/c28-26(29)5-3-15(4-6-26)19(37-22(42)21-20(14-1-2-14)39-45-40-21)16-11-41-18(35-16)7-13(10-34-41)8-25(24-38-33-12-44-24)9-17(27(30,31)32)36-23(25)43/h7,10-12,14-15,17,19H,1-6,8-9H2,(H,36,43)(H,37,42)/t17-,19-,25+/m0/s1. The van der Waals surface area contributed by atoms with Crippen molar-refractivity contribution < 1.29 is 40.6 Å². The van der Waals surface area contributed by atoms with Gasteiger partial charge in [-0.05, 0) is 61.2 Å². The van der Waals surface area contributed by atoms with E-state index in [1.54, 1.807) is 12.3 Å². The lowest BCUT2D eigenvalue weighted by Gasteiger charge is -2.33. The van der Waals surface area contributed by atoms with Crippen molar-refractivity contribution in [2.45, 2.75) is 86.9 Å². The Morgan fingerprint density at radius 2 is 1.96 bits per heavy atom. The van der Waals surface area contributed by atoms with Crippen molar-refractivity contribution in [1.29, 1.82) is 0 Å². The number of hydrogen-bond acceptors (Lipinski definition) is 10. The molecule has 13 nitrogen and oxygen atoms in total. The maximum Gasteiger partial charge on any atom is 0.408 e. The molecular formula is C27H26F5N9O4. The predicted octanol–water partition coefficient (Wildman–Crippen LogP) is 3.60. The Balaban J connectivity index is 1.19. The van der Waals surface area contributed by atoms with Crippen LogP contribution in [0.3, 0.4) is 0 Å². The van der Waals surface area contributed by atoms with Crippen LogP contribution >= 0.6 is 0 Å². The van der Waals surface area contributed by atoms with E-state index in [2.05, 4.69) is 35.9 Å². The molecule has 0 radical (unpaired) electrons. The van der Waals surface area contributed by atoms with Gasteiger partial charge < -0.3 is 15.1 Å². The second-order valence-electron chi connectivity index (χ2n) is 12.0. The van der Waals surface area contributed by atoms with Crippen LogP contribution in [0.4, 0.5) is 22.0 Å². The van der Waals surface area contributed by atoms with Gasteiger partial charge in [-0.2, -0.15) is 18.3 Å². The molecule has 5 heterocycles. The number of rotatable bonds is 8. The lowest BCUT2D eigenvalue weighted by atomic mass is 9.79. The number of hydrogen-bond donors (Lipinski definition) is 2. The van der Waals surface area contributed by atoms with Crippen LogP contribution in [0.1, 0.15) is 90.2 Å². The summed E-state index contributed by atoms with van der Waals surface area (Å²) in [6.45, 7) is 0.